The molecule has 1 aliphatic rings. The van der Waals surface area contributed by atoms with Gasteiger partial charge in [-0.15, -0.1) is 11.6 Å². The maximum atomic E-state index is 9.22. The second kappa shape index (κ2) is 6.07. The van der Waals surface area contributed by atoms with Crippen molar-refractivity contribution in [3.63, 3.8) is 0 Å². The number of rotatable bonds is 4. The van der Waals surface area contributed by atoms with Crippen molar-refractivity contribution in [2.75, 3.05) is 17.4 Å². The lowest BCUT2D eigenvalue weighted by molar-refractivity contribution is 0.490. The van der Waals surface area contributed by atoms with E-state index in [0.717, 1.165) is 29.8 Å². The van der Waals surface area contributed by atoms with Gasteiger partial charge in [0.05, 0.1) is 11.1 Å². The van der Waals surface area contributed by atoms with Crippen molar-refractivity contribution in [3.8, 4) is 6.07 Å². The number of aryl methyl sites for hydroxylation is 1. The maximum absolute atomic E-state index is 9.22. The Morgan fingerprint density at radius 2 is 2.40 bits per heavy atom. The molecule has 1 aliphatic heterocycles. The van der Waals surface area contributed by atoms with Crippen LogP contribution in [0.2, 0.25) is 0 Å². The van der Waals surface area contributed by atoms with E-state index in [-0.39, 0.29) is 0 Å². The summed E-state index contributed by atoms with van der Waals surface area (Å²) in [6.07, 6.45) is 2.02. The molecule has 5 heteroatoms. The Morgan fingerprint density at radius 1 is 1.50 bits per heavy atom. The molecular formula is C15H16ClN3S. The number of thioether (sulfide) groups is 1. The molecule has 0 amide bonds. The van der Waals surface area contributed by atoms with E-state index in [1.807, 2.05) is 23.9 Å². The first-order chi connectivity index (χ1) is 9.83. The molecule has 0 spiro atoms. The Bertz CT molecular complexity index is 653. The average molecular weight is 306 g/mol. The number of halogens is 1. The number of alkyl halides is 1. The van der Waals surface area contributed by atoms with Crippen LogP contribution >= 0.6 is 23.4 Å². The van der Waals surface area contributed by atoms with Crippen molar-refractivity contribution >= 4 is 34.4 Å². The molecule has 104 valence electrons. The first-order valence-corrected chi connectivity index (χ1v) is 8.54. The minimum atomic E-state index is 0.560. The third-order valence-electron chi connectivity index (χ3n) is 3.76. The van der Waals surface area contributed by atoms with Crippen molar-refractivity contribution in [2.24, 2.45) is 5.92 Å². The zero-order chi connectivity index (χ0) is 13.9. The van der Waals surface area contributed by atoms with Crippen molar-refractivity contribution < 1.29 is 0 Å². The van der Waals surface area contributed by atoms with Crippen molar-refractivity contribution in [1.82, 2.24) is 9.55 Å². The molecule has 0 N–H and O–H groups in total. The van der Waals surface area contributed by atoms with Gasteiger partial charge in [-0.2, -0.15) is 17.0 Å². The zero-order valence-electron chi connectivity index (χ0n) is 11.2. The third kappa shape index (κ3) is 2.53. The number of benzene rings is 1. The van der Waals surface area contributed by atoms with Gasteiger partial charge in [0.15, 0.2) is 0 Å². The molecule has 1 saturated heterocycles. The predicted octanol–water partition coefficient (Wildman–Crippen LogP) is 3.44. The van der Waals surface area contributed by atoms with Crippen LogP contribution in [0.4, 0.5) is 0 Å². The summed E-state index contributed by atoms with van der Waals surface area (Å²) in [5.74, 6) is 4.75. The fourth-order valence-electron chi connectivity index (χ4n) is 2.75. The van der Waals surface area contributed by atoms with E-state index in [2.05, 4.69) is 21.7 Å². The molecule has 3 nitrogen and oxygen atoms in total. The fraction of sp³-hybridized carbons (Fsp3) is 0.467. The molecule has 0 aliphatic carbocycles. The van der Waals surface area contributed by atoms with Gasteiger partial charge in [0.1, 0.15) is 17.4 Å². The molecule has 0 saturated carbocycles. The Hall–Kier alpha value is -1.18. The van der Waals surface area contributed by atoms with E-state index in [4.69, 9.17) is 11.6 Å². The molecule has 3 rings (SSSR count). The van der Waals surface area contributed by atoms with Crippen LogP contribution in [0.1, 0.15) is 17.8 Å². The molecule has 1 fully saturated rings. The van der Waals surface area contributed by atoms with Crippen LogP contribution in [0.25, 0.3) is 11.0 Å². The first kappa shape index (κ1) is 13.8. The van der Waals surface area contributed by atoms with Crippen molar-refractivity contribution in [3.05, 3.63) is 29.6 Å². The SMILES string of the molecule is N#Cc1cccc2c1nc(CCCl)n2CC1CCSC1. The second-order valence-corrected chi connectivity index (χ2v) is 6.62. The molecular weight excluding hydrogens is 290 g/mol. The Kier molecular flexibility index (Phi) is 4.18. The summed E-state index contributed by atoms with van der Waals surface area (Å²) in [4.78, 5) is 4.66. The Labute approximate surface area is 127 Å². The number of imidazole rings is 1. The standard InChI is InChI=1S/C15H16ClN3S/c16-6-4-14-18-15-12(8-17)2-1-3-13(15)19(14)9-11-5-7-20-10-11/h1-3,11H,4-7,9-10H2. The summed E-state index contributed by atoms with van der Waals surface area (Å²) in [7, 11) is 0. The largest absolute Gasteiger partial charge is 0.328 e. The number of para-hydroxylation sites is 1. The van der Waals surface area contributed by atoms with Crippen molar-refractivity contribution in [1.29, 1.82) is 5.26 Å². The maximum Gasteiger partial charge on any atom is 0.111 e. The highest BCUT2D eigenvalue weighted by atomic mass is 35.5. The highest BCUT2D eigenvalue weighted by Gasteiger charge is 2.20. The number of nitrogens with zero attached hydrogens (tertiary/aromatic N) is 3. The predicted molar refractivity (Wildman–Crippen MR) is 84.3 cm³/mol. The quantitative estimate of drug-likeness (QED) is 0.813. The van der Waals surface area contributed by atoms with Crippen LogP contribution < -0.4 is 0 Å². The summed E-state index contributed by atoms with van der Waals surface area (Å²) in [5.41, 5.74) is 2.54. The molecule has 1 atom stereocenters. The Morgan fingerprint density at radius 3 is 3.10 bits per heavy atom. The van der Waals surface area contributed by atoms with Crippen LogP contribution in [0, 0.1) is 17.2 Å². The molecule has 1 aromatic heterocycles. The topological polar surface area (TPSA) is 41.6 Å². The highest BCUT2D eigenvalue weighted by Crippen LogP contribution is 2.28. The van der Waals surface area contributed by atoms with Gasteiger partial charge in [0, 0.05) is 18.8 Å². The fourth-order valence-corrected chi connectivity index (χ4v) is 4.19. The van der Waals surface area contributed by atoms with Gasteiger partial charge >= 0.3 is 0 Å². The van der Waals surface area contributed by atoms with Crippen LogP contribution in [0.15, 0.2) is 18.2 Å². The van der Waals surface area contributed by atoms with Crippen LogP contribution in [-0.2, 0) is 13.0 Å². The molecule has 2 heterocycles. The van der Waals surface area contributed by atoms with Gasteiger partial charge in [-0.25, -0.2) is 4.98 Å². The van der Waals surface area contributed by atoms with E-state index < -0.39 is 0 Å². The van der Waals surface area contributed by atoms with Gasteiger partial charge in [0.2, 0.25) is 0 Å². The first-order valence-electron chi connectivity index (χ1n) is 6.85. The van der Waals surface area contributed by atoms with Gasteiger partial charge < -0.3 is 4.57 Å². The van der Waals surface area contributed by atoms with Gasteiger partial charge in [0.25, 0.3) is 0 Å². The minimum Gasteiger partial charge on any atom is -0.328 e. The monoisotopic (exact) mass is 305 g/mol. The van der Waals surface area contributed by atoms with Crippen LogP contribution in [0.5, 0.6) is 0 Å². The summed E-state index contributed by atoms with van der Waals surface area (Å²) >= 11 is 7.93. The number of aromatic nitrogens is 2. The molecule has 1 unspecified atom stereocenters. The molecule has 0 bridgehead atoms. The molecule has 1 aromatic carbocycles. The van der Waals surface area contributed by atoms with Crippen LogP contribution in [-0.4, -0.2) is 26.9 Å². The second-order valence-electron chi connectivity index (χ2n) is 5.09. The smallest absolute Gasteiger partial charge is 0.111 e. The normalized spacial score (nSPS) is 18.5. The lowest BCUT2D eigenvalue weighted by Gasteiger charge is -2.13. The van der Waals surface area contributed by atoms with Crippen molar-refractivity contribution in [2.45, 2.75) is 19.4 Å². The lowest BCUT2D eigenvalue weighted by atomic mass is 10.1. The summed E-state index contributed by atoms with van der Waals surface area (Å²) in [5, 5.41) is 9.22. The summed E-state index contributed by atoms with van der Waals surface area (Å²) < 4.78 is 2.27. The summed E-state index contributed by atoms with van der Waals surface area (Å²) in [6, 6.07) is 8.06. The number of hydrogen-bond donors (Lipinski definition) is 0. The number of fused-ring (bicyclic) bond motifs is 1. The van der Waals surface area contributed by atoms with E-state index >= 15 is 0 Å². The van der Waals surface area contributed by atoms with Gasteiger partial charge in [-0.05, 0) is 36.0 Å². The number of hydrogen-bond acceptors (Lipinski definition) is 3. The van der Waals surface area contributed by atoms with E-state index in [0.29, 0.717) is 17.4 Å². The lowest BCUT2D eigenvalue weighted by Crippen LogP contribution is -2.13. The third-order valence-corrected chi connectivity index (χ3v) is 5.18. The van der Waals surface area contributed by atoms with Gasteiger partial charge in [-0.3, -0.25) is 0 Å². The van der Waals surface area contributed by atoms with E-state index in [1.165, 1.54) is 17.9 Å². The van der Waals surface area contributed by atoms with Crippen LogP contribution in [0.3, 0.4) is 0 Å². The van der Waals surface area contributed by atoms with Gasteiger partial charge in [-0.1, -0.05) is 6.07 Å². The zero-order valence-corrected chi connectivity index (χ0v) is 12.8. The molecule has 2 aromatic rings. The van der Waals surface area contributed by atoms with E-state index in [1.54, 1.807) is 0 Å². The number of nitriles is 1. The summed E-state index contributed by atoms with van der Waals surface area (Å²) in [6.45, 7) is 0.991. The molecule has 0 radical (unpaired) electrons. The minimum absolute atomic E-state index is 0.560. The highest BCUT2D eigenvalue weighted by molar-refractivity contribution is 7.99. The molecule has 20 heavy (non-hydrogen) atoms. The Balaban J connectivity index is 2.06. The average Bonchev–Trinajstić information content (AvgIpc) is 3.08. The van der Waals surface area contributed by atoms with E-state index in [9.17, 15) is 5.26 Å².